The second-order valence-electron chi connectivity index (χ2n) is 1.09. The summed E-state index contributed by atoms with van der Waals surface area (Å²) in [5.74, 6) is 0. The first-order valence-electron chi connectivity index (χ1n) is 1.90. The van der Waals surface area contributed by atoms with E-state index in [2.05, 4.69) is 29.0 Å². The Balaban J connectivity index is 0. The summed E-state index contributed by atoms with van der Waals surface area (Å²) < 4.78 is 36.5. The zero-order valence-electron chi connectivity index (χ0n) is 5.19. The van der Waals surface area contributed by atoms with Gasteiger partial charge in [-0.3, -0.25) is 9.11 Å². The van der Waals surface area contributed by atoms with Crippen molar-refractivity contribution in [3.63, 3.8) is 0 Å². The molecule has 0 aliphatic heterocycles. The van der Waals surface area contributed by atoms with Crippen molar-refractivity contribution in [2.75, 3.05) is 0 Å². The molecule has 12 heavy (non-hydrogen) atoms. The SMILES string of the molecule is O=C([O][Mo])N(S)S.O=S(=O)(O)O. The Labute approximate surface area is 91.5 Å². The number of rotatable bonds is 0. The van der Waals surface area contributed by atoms with Crippen LogP contribution in [0.1, 0.15) is 0 Å². The summed E-state index contributed by atoms with van der Waals surface area (Å²) in [5, 5.41) is 0. The largest absolute Gasteiger partial charge is 0.394 e. The molecule has 11 heteroatoms. The molecule has 0 saturated heterocycles. The van der Waals surface area contributed by atoms with E-state index in [4.69, 9.17) is 17.5 Å². The molecule has 0 atom stereocenters. The number of carbonyl (C=O) groups excluding carboxylic acids is 1. The summed E-state index contributed by atoms with van der Waals surface area (Å²) in [6.07, 6.45) is -0.587. The minimum Gasteiger partial charge on any atom is -0.264 e. The van der Waals surface area contributed by atoms with E-state index in [9.17, 15) is 4.79 Å². The molecule has 0 radical (unpaired) electrons. The van der Waals surface area contributed by atoms with Crippen molar-refractivity contribution < 1.29 is 45.9 Å². The second-order valence-corrected chi connectivity index (χ2v) is 3.51. The minimum absolute atomic E-state index is 0.587. The molecule has 2 N–H and O–H groups in total. The number of carbonyl (C=O) groups is 1. The van der Waals surface area contributed by atoms with Gasteiger partial charge in [0.05, 0.1) is 0 Å². The average Bonchev–Trinajstić information content (AvgIpc) is 1.82. The third-order valence-corrected chi connectivity index (χ3v) is 0.912. The summed E-state index contributed by atoms with van der Waals surface area (Å²) in [4.78, 5) is 10.1. The molecule has 0 aromatic carbocycles. The van der Waals surface area contributed by atoms with Crippen LogP contribution in [0.5, 0.6) is 0 Å². The van der Waals surface area contributed by atoms with Gasteiger partial charge in [-0.05, 0) is 0 Å². The maximum atomic E-state index is 10.1. The van der Waals surface area contributed by atoms with Gasteiger partial charge in [-0.1, -0.05) is 0 Å². The van der Waals surface area contributed by atoms with Crippen molar-refractivity contribution in [1.82, 2.24) is 3.71 Å². The molecule has 0 unspecified atom stereocenters. The zero-order chi connectivity index (χ0) is 10.4. The van der Waals surface area contributed by atoms with E-state index < -0.39 is 16.5 Å². The average molecular weight is 318 g/mol. The van der Waals surface area contributed by atoms with Gasteiger partial charge >= 0.3 is 74.2 Å². The van der Waals surface area contributed by atoms with Crippen molar-refractivity contribution in [2.24, 2.45) is 0 Å². The van der Waals surface area contributed by atoms with Crippen LogP contribution < -0.4 is 0 Å². The normalized spacial score (nSPS) is 9.33. The fourth-order valence-electron chi connectivity index (χ4n) is 0.0333. The van der Waals surface area contributed by atoms with Crippen LogP contribution in [0.4, 0.5) is 4.79 Å². The maximum Gasteiger partial charge on any atom is 0.394 e. The molecular weight excluding hydrogens is 314 g/mol. The first kappa shape index (κ1) is 15.0. The number of thiol groups is 2. The van der Waals surface area contributed by atoms with Gasteiger partial charge in [0, 0.05) is 0 Å². The van der Waals surface area contributed by atoms with E-state index in [0.717, 1.165) is 3.71 Å². The Kier molecular flexibility index (Phi) is 8.74. The number of amides is 1. The molecule has 0 heterocycles. The molecule has 0 aliphatic rings. The van der Waals surface area contributed by atoms with Gasteiger partial charge in [-0.15, -0.1) is 0 Å². The van der Waals surface area contributed by atoms with Crippen LogP contribution in [0.2, 0.25) is 0 Å². The summed E-state index contributed by atoms with van der Waals surface area (Å²) in [5.41, 5.74) is 0. The van der Waals surface area contributed by atoms with Gasteiger partial charge in [-0.2, -0.15) is 8.42 Å². The summed E-state index contributed by atoms with van der Waals surface area (Å²) >= 11 is 8.18. The standard InChI is InChI=1S/CH3NO2S2.Mo.H2O4S/c3-1(4)2(5)6;;1-5(2,3)4/h5-6H,(H,3,4);;(H2,1,2,3,4)/q;+1;/p-1. The smallest absolute Gasteiger partial charge is 0.264 e. The molecule has 7 nitrogen and oxygen atoms in total. The molecule has 0 saturated carbocycles. The molecule has 0 aromatic rings. The van der Waals surface area contributed by atoms with Crippen LogP contribution in [0.25, 0.3) is 0 Å². The molecule has 0 aromatic heterocycles. The third-order valence-electron chi connectivity index (χ3n) is 0.235. The zero-order valence-corrected chi connectivity index (χ0v) is 9.80. The quantitative estimate of drug-likeness (QED) is 0.283. The van der Waals surface area contributed by atoms with E-state index >= 15 is 0 Å². The molecule has 0 fully saturated rings. The van der Waals surface area contributed by atoms with Crippen molar-refractivity contribution in [3.05, 3.63) is 0 Å². The molecule has 73 valence electrons. The van der Waals surface area contributed by atoms with E-state index in [-0.39, 0.29) is 0 Å². The fraction of sp³-hybridized carbons (Fsp3) is 0. The van der Waals surface area contributed by atoms with Crippen molar-refractivity contribution in [3.8, 4) is 0 Å². The fourth-order valence-corrected chi connectivity index (χ4v) is 0.592. The molecule has 0 rings (SSSR count). The van der Waals surface area contributed by atoms with E-state index in [1.165, 1.54) is 20.2 Å². The van der Waals surface area contributed by atoms with Crippen molar-refractivity contribution in [2.45, 2.75) is 0 Å². The molecule has 0 spiro atoms. The summed E-state index contributed by atoms with van der Waals surface area (Å²) in [6.45, 7) is 0. The monoisotopic (exact) mass is 320 g/mol. The van der Waals surface area contributed by atoms with Crippen LogP contribution in [0.15, 0.2) is 0 Å². The number of nitrogens with zero attached hydrogens (tertiary/aromatic N) is 1. The van der Waals surface area contributed by atoms with E-state index in [0.29, 0.717) is 0 Å². The Bertz CT molecular complexity index is 215. The van der Waals surface area contributed by atoms with Crippen LogP contribution in [0, 0.1) is 0 Å². The molecule has 0 aliphatic carbocycles. The summed E-state index contributed by atoms with van der Waals surface area (Å²) in [7, 11) is -4.67. The minimum atomic E-state index is -4.67. The maximum absolute atomic E-state index is 10.1. The van der Waals surface area contributed by atoms with Crippen LogP contribution in [-0.2, 0) is 34.0 Å². The Morgan fingerprint density at radius 1 is 1.42 bits per heavy atom. The first-order valence-corrected chi connectivity index (χ1v) is 4.91. The summed E-state index contributed by atoms with van der Waals surface area (Å²) in [6, 6.07) is 0. The van der Waals surface area contributed by atoms with Gasteiger partial charge in [0.1, 0.15) is 0 Å². The predicted molar refractivity (Wildman–Crippen MR) is 40.5 cm³/mol. The van der Waals surface area contributed by atoms with Gasteiger partial charge < -0.3 is 0 Å². The van der Waals surface area contributed by atoms with Crippen LogP contribution in [-0.4, -0.2) is 27.3 Å². The van der Waals surface area contributed by atoms with Crippen LogP contribution in [0.3, 0.4) is 0 Å². The van der Waals surface area contributed by atoms with Crippen molar-refractivity contribution >= 4 is 42.1 Å². The van der Waals surface area contributed by atoms with Gasteiger partial charge in [0.15, 0.2) is 0 Å². The predicted octanol–water partition coefficient (Wildman–Crippen LogP) is -0.0764. The molecule has 0 bridgehead atoms. The van der Waals surface area contributed by atoms with Crippen LogP contribution >= 0.6 is 25.6 Å². The van der Waals surface area contributed by atoms with Gasteiger partial charge in [-0.25, -0.2) is 0 Å². The second kappa shape index (κ2) is 6.98. The molecular formula is CH4MoNO6S3. The Morgan fingerprint density at radius 3 is 1.67 bits per heavy atom. The Hall–Kier alpha value is 0.528. The van der Waals surface area contributed by atoms with Gasteiger partial charge in [0.25, 0.3) is 0 Å². The van der Waals surface area contributed by atoms with E-state index in [1.54, 1.807) is 0 Å². The topological polar surface area (TPSA) is 104 Å². The Morgan fingerprint density at radius 2 is 1.67 bits per heavy atom. The first-order chi connectivity index (χ1) is 5.18. The van der Waals surface area contributed by atoms with Crippen molar-refractivity contribution in [1.29, 1.82) is 0 Å². The van der Waals surface area contributed by atoms with E-state index in [1.807, 2.05) is 0 Å². The number of hydrogen-bond acceptors (Lipinski definition) is 6. The number of hydrogen-bond donors (Lipinski definition) is 4. The molecule has 1 amide bonds. The third kappa shape index (κ3) is 22.4. The van der Waals surface area contributed by atoms with Gasteiger partial charge in [0.2, 0.25) is 0 Å².